The molecule has 0 unspecified atom stereocenters. The predicted octanol–water partition coefficient (Wildman–Crippen LogP) is 4.89. The van der Waals surface area contributed by atoms with E-state index in [0.29, 0.717) is 35.7 Å². The van der Waals surface area contributed by atoms with Gasteiger partial charge in [-0.15, -0.1) is 0 Å². The zero-order valence-corrected chi connectivity index (χ0v) is 17.8. The first-order valence-corrected chi connectivity index (χ1v) is 10.4. The Bertz CT molecular complexity index is 1290. The summed E-state index contributed by atoms with van der Waals surface area (Å²) in [4.78, 5) is 27.3. The molecular formula is C23H18F5N3O4. The number of pyridine rings is 1. The van der Waals surface area contributed by atoms with Crippen LogP contribution in [0.5, 0.6) is 5.75 Å². The molecule has 1 aliphatic carbocycles. The Labute approximate surface area is 194 Å². The number of aromatic nitrogens is 1. The van der Waals surface area contributed by atoms with Crippen LogP contribution in [0.4, 0.5) is 32.6 Å². The normalized spacial score (nSPS) is 17.5. The van der Waals surface area contributed by atoms with E-state index in [1.165, 1.54) is 24.4 Å². The number of alkyl halides is 3. The highest BCUT2D eigenvalue weighted by atomic mass is 19.4. The monoisotopic (exact) mass is 495 g/mol. The lowest BCUT2D eigenvalue weighted by molar-refractivity contribution is -0.140. The number of rotatable bonds is 6. The molecular weight excluding hydrogens is 477 g/mol. The van der Waals surface area contributed by atoms with Gasteiger partial charge in [-0.3, -0.25) is 10.1 Å². The zero-order chi connectivity index (χ0) is 25.3. The lowest BCUT2D eigenvalue weighted by Crippen LogP contribution is -2.49. The van der Waals surface area contributed by atoms with Gasteiger partial charge in [-0.2, -0.15) is 13.2 Å². The Morgan fingerprint density at radius 1 is 1.09 bits per heavy atom. The number of carboxylic acid groups (broad SMARTS) is 1. The summed E-state index contributed by atoms with van der Waals surface area (Å²) >= 11 is 0. The first-order chi connectivity index (χ1) is 16.5. The molecule has 0 spiro atoms. The van der Waals surface area contributed by atoms with Crippen LogP contribution in [0.25, 0.3) is 10.8 Å². The first kappa shape index (κ1) is 24.2. The van der Waals surface area contributed by atoms with Crippen LogP contribution in [0, 0.1) is 11.6 Å². The van der Waals surface area contributed by atoms with E-state index >= 15 is 0 Å². The molecule has 35 heavy (non-hydrogen) atoms. The maximum Gasteiger partial charge on any atom is 0.419 e. The van der Waals surface area contributed by atoms with Crippen molar-refractivity contribution >= 4 is 28.6 Å². The summed E-state index contributed by atoms with van der Waals surface area (Å²) in [6.07, 6.45) is -5.03. The highest BCUT2D eigenvalue weighted by molar-refractivity contribution is 5.93. The van der Waals surface area contributed by atoms with Crippen molar-refractivity contribution in [2.75, 3.05) is 5.32 Å². The number of amides is 2. The summed E-state index contributed by atoms with van der Waals surface area (Å²) in [5, 5.41) is 14.5. The number of anilines is 1. The Kier molecular flexibility index (Phi) is 6.46. The van der Waals surface area contributed by atoms with Crippen molar-refractivity contribution in [3.05, 3.63) is 65.4 Å². The molecule has 7 nitrogen and oxygen atoms in total. The van der Waals surface area contributed by atoms with E-state index in [4.69, 9.17) is 9.84 Å². The van der Waals surface area contributed by atoms with Crippen LogP contribution >= 0.6 is 0 Å². The maximum absolute atomic E-state index is 14.5. The molecule has 1 saturated carbocycles. The molecule has 2 amide bonds. The van der Waals surface area contributed by atoms with Crippen molar-refractivity contribution in [3.8, 4) is 5.75 Å². The third-order valence-corrected chi connectivity index (χ3v) is 5.54. The van der Waals surface area contributed by atoms with Gasteiger partial charge in [0.2, 0.25) is 5.91 Å². The third-order valence-electron chi connectivity index (χ3n) is 5.54. The molecule has 0 atom stereocenters. The van der Waals surface area contributed by atoms with Crippen LogP contribution in [-0.4, -0.2) is 34.2 Å². The van der Waals surface area contributed by atoms with Gasteiger partial charge in [0.15, 0.2) is 0 Å². The van der Waals surface area contributed by atoms with E-state index in [1.54, 1.807) is 0 Å². The molecule has 1 heterocycles. The number of fused-ring (bicyclic) bond motifs is 1. The number of hydrogen-bond acceptors (Lipinski definition) is 4. The predicted molar refractivity (Wildman–Crippen MR) is 114 cm³/mol. The molecule has 1 aromatic heterocycles. The number of carbonyl (C=O) groups is 2. The summed E-state index contributed by atoms with van der Waals surface area (Å²) in [6.45, 7) is 0. The van der Waals surface area contributed by atoms with Gasteiger partial charge in [-0.1, -0.05) is 0 Å². The first-order valence-electron chi connectivity index (χ1n) is 10.4. The Hall–Kier alpha value is -3.96. The van der Waals surface area contributed by atoms with Gasteiger partial charge in [0, 0.05) is 36.0 Å². The molecule has 1 aliphatic rings. The minimum absolute atomic E-state index is 0.0225. The molecule has 184 valence electrons. The molecule has 0 bridgehead atoms. The molecule has 0 saturated heterocycles. The Morgan fingerprint density at radius 2 is 1.80 bits per heavy atom. The lowest BCUT2D eigenvalue weighted by atomic mass is 9.89. The van der Waals surface area contributed by atoms with Gasteiger partial charge in [0.05, 0.1) is 12.0 Å². The second-order valence-electron chi connectivity index (χ2n) is 8.04. The van der Waals surface area contributed by atoms with Gasteiger partial charge in [-0.05, 0) is 41.8 Å². The van der Waals surface area contributed by atoms with Gasteiger partial charge in [-0.25, -0.2) is 18.6 Å². The summed E-state index contributed by atoms with van der Waals surface area (Å²) in [5.41, 5.74) is -1.36. The summed E-state index contributed by atoms with van der Waals surface area (Å²) < 4.78 is 71.9. The van der Waals surface area contributed by atoms with Crippen molar-refractivity contribution in [3.63, 3.8) is 0 Å². The molecule has 12 heteroatoms. The fraction of sp³-hybridized carbons (Fsp3) is 0.261. The third kappa shape index (κ3) is 5.58. The van der Waals surface area contributed by atoms with Gasteiger partial charge in [0.1, 0.15) is 29.3 Å². The van der Waals surface area contributed by atoms with E-state index in [2.05, 4.69) is 15.6 Å². The number of nitrogens with one attached hydrogen (secondary N) is 2. The molecule has 3 N–H and O–H groups in total. The lowest BCUT2D eigenvalue weighted by Gasteiger charge is -2.36. The fourth-order valence-corrected chi connectivity index (χ4v) is 3.82. The molecule has 3 aromatic rings. The summed E-state index contributed by atoms with van der Waals surface area (Å²) in [6, 6.07) is 6.01. The Balaban J connectivity index is 1.37. The Morgan fingerprint density at radius 3 is 2.49 bits per heavy atom. The number of benzene rings is 2. The van der Waals surface area contributed by atoms with E-state index in [9.17, 15) is 31.5 Å². The second-order valence-corrected chi connectivity index (χ2v) is 8.04. The van der Waals surface area contributed by atoms with E-state index < -0.39 is 41.5 Å². The highest BCUT2D eigenvalue weighted by Gasteiger charge is 2.36. The maximum atomic E-state index is 14.5. The minimum Gasteiger partial charge on any atom is -0.490 e. The number of halogens is 5. The molecule has 2 aromatic carbocycles. The van der Waals surface area contributed by atoms with Crippen molar-refractivity contribution in [1.82, 2.24) is 10.3 Å². The molecule has 0 radical (unpaired) electrons. The van der Waals surface area contributed by atoms with Crippen molar-refractivity contribution in [1.29, 1.82) is 0 Å². The van der Waals surface area contributed by atoms with Crippen molar-refractivity contribution in [2.24, 2.45) is 0 Å². The smallest absolute Gasteiger partial charge is 0.419 e. The van der Waals surface area contributed by atoms with E-state index in [-0.39, 0.29) is 29.6 Å². The van der Waals surface area contributed by atoms with Crippen molar-refractivity contribution in [2.45, 2.75) is 37.6 Å². The van der Waals surface area contributed by atoms with Crippen LogP contribution in [0.15, 0.2) is 42.6 Å². The van der Waals surface area contributed by atoms with Crippen LogP contribution in [0.2, 0.25) is 0 Å². The number of carbonyl (C=O) groups excluding carboxylic acids is 1. The van der Waals surface area contributed by atoms with E-state index in [0.717, 1.165) is 6.07 Å². The second kappa shape index (κ2) is 9.35. The quantitative estimate of drug-likeness (QED) is 0.423. The summed E-state index contributed by atoms with van der Waals surface area (Å²) in [5.74, 6) is -2.69. The van der Waals surface area contributed by atoms with Gasteiger partial charge < -0.3 is 15.2 Å². The summed E-state index contributed by atoms with van der Waals surface area (Å²) in [7, 11) is 0. The minimum atomic E-state index is -4.85. The van der Waals surface area contributed by atoms with Crippen LogP contribution in [0.3, 0.4) is 0 Å². The molecule has 4 rings (SSSR count). The van der Waals surface area contributed by atoms with Gasteiger partial charge in [0.25, 0.3) is 0 Å². The topological polar surface area (TPSA) is 101 Å². The average molecular weight is 495 g/mol. The number of hydrogen-bond donors (Lipinski definition) is 3. The number of ether oxygens (including phenoxy) is 1. The van der Waals surface area contributed by atoms with Crippen LogP contribution in [0.1, 0.15) is 24.0 Å². The van der Waals surface area contributed by atoms with Crippen LogP contribution in [-0.2, 0) is 17.4 Å². The largest absolute Gasteiger partial charge is 0.490 e. The standard InChI is InChI=1S/C23H18F5N3O4/c24-18-3-1-11-10-29-20(31-22(33)34)8-15(11)16(18)9-21(32)30-12-5-14(6-12)35-13-2-4-19(25)17(7-13)23(26,27)28/h1-4,7-8,10,12,14H,5-6,9H2,(H,29,31)(H,30,32)(H,33,34). The SMILES string of the molecule is O=C(O)Nc1cc2c(CC(=O)NC3CC(Oc4ccc(F)c(C(F)(F)F)c4)C3)c(F)ccc2cn1. The van der Waals surface area contributed by atoms with Gasteiger partial charge >= 0.3 is 12.3 Å². The van der Waals surface area contributed by atoms with Crippen molar-refractivity contribution < 1.29 is 41.4 Å². The van der Waals surface area contributed by atoms with Crippen LogP contribution < -0.4 is 15.4 Å². The molecule has 0 aliphatic heterocycles. The average Bonchev–Trinajstić information content (AvgIpc) is 2.74. The number of nitrogens with zero attached hydrogens (tertiary/aromatic N) is 1. The highest BCUT2D eigenvalue weighted by Crippen LogP contribution is 2.35. The molecule has 1 fully saturated rings. The van der Waals surface area contributed by atoms with E-state index in [1.807, 2.05) is 0 Å². The zero-order valence-electron chi connectivity index (χ0n) is 17.8. The fourth-order valence-electron chi connectivity index (χ4n) is 3.82.